The molecule has 0 spiro atoms. The van der Waals surface area contributed by atoms with Crippen LogP contribution in [0.2, 0.25) is 5.02 Å². The van der Waals surface area contributed by atoms with Crippen LogP contribution in [-0.4, -0.2) is 23.8 Å². The fraction of sp³-hybridized carbons (Fsp3) is 0.400. The SMILES string of the molecule is FC(F)(F)CCCCN1NC(c2cccc(C(F)(F)F)c2Cl)=CC2C=CC(Cl)=CC21. The van der Waals surface area contributed by atoms with Gasteiger partial charge >= 0.3 is 12.4 Å². The molecule has 1 N–H and O–H groups in total. The molecule has 0 aromatic heterocycles. The molecule has 30 heavy (non-hydrogen) atoms. The van der Waals surface area contributed by atoms with Crippen LogP contribution >= 0.6 is 23.2 Å². The second-order valence-corrected chi connectivity index (χ2v) is 7.92. The maximum absolute atomic E-state index is 13.2. The van der Waals surface area contributed by atoms with Crippen molar-refractivity contribution < 1.29 is 26.3 Å². The number of rotatable bonds is 5. The summed E-state index contributed by atoms with van der Waals surface area (Å²) >= 11 is 12.1. The molecule has 2 nitrogen and oxygen atoms in total. The number of nitrogens with one attached hydrogen (secondary N) is 1. The van der Waals surface area contributed by atoms with Gasteiger partial charge < -0.3 is 5.43 Å². The third-order valence-electron chi connectivity index (χ3n) is 4.89. The summed E-state index contributed by atoms with van der Waals surface area (Å²) in [5.74, 6) is -0.225. The van der Waals surface area contributed by atoms with Gasteiger partial charge in [0.05, 0.1) is 22.3 Å². The van der Waals surface area contributed by atoms with Crippen molar-refractivity contribution >= 4 is 28.9 Å². The first-order chi connectivity index (χ1) is 14.0. The first-order valence-corrected chi connectivity index (χ1v) is 9.95. The smallest absolute Gasteiger partial charge is 0.318 e. The second kappa shape index (κ2) is 8.85. The summed E-state index contributed by atoms with van der Waals surface area (Å²) < 4.78 is 76.9. The Morgan fingerprint density at radius 2 is 1.73 bits per heavy atom. The van der Waals surface area contributed by atoms with Crippen molar-refractivity contribution in [3.05, 3.63) is 63.7 Å². The maximum Gasteiger partial charge on any atom is 0.417 e. The Bertz CT molecular complexity index is 873. The molecule has 2 unspecified atom stereocenters. The van der Waals surface area contributed by atoms with E-state index in [4.69, 9.17) is 23.2 Å². The van der Waals surface area contributed by atoms with Gasteiger partial charge in [0.25, 0.3) is 0 Å². The highest BCUT2D eigenvalue weighted by Gasteiger charge is 2.36. The third-order valence-corrected chi connectivity index (χ3v) is 5.55. The Hall–Kier alpha value is -1.64. The summed E-state index contributed by atoms with van der Waals surface area (Å²) in [5, 5.41) is 1.73. The molecule has 1 heterocycles. The van der Waals surface area contributed by atoms with Gasteiger partial charge in [-0.2, -0.15) is 26.3 Å². The van der Waals surface area contributed by atoms with Gasteiger partial charge in [0.1, 0.15) is 0 Å². The van der Waals surface area contributed by atoms with E-state index in [1.54, 1.807) is 29.3 Å². The number of allylic oxidation sites excluding steroid dienone is 2. The number of hydrazine groups is 1. The van der Waals surface area contributed by atoms with Gasteiger partial charge in [-0.1, -0.05) is 47.5 Å². The Balaban J connectivity index is 1.86. The molecule has 3 rings (SSSR count). The third kappa shape index (κ3) is 5.53. The number of benzene rings is 1. The van der Waals surface area contributed by atoms with Gasteiger partial charge in [0.2, 0.25) is 0 Å². The molecule has 0 bridgehead atoms. The van der Waals surface area contributed by atoms with Crippen molar-refractivity contribution in [2.24, 2.45) is 5.92 Å². The molecule has 2 aliphatic rings. The predicted molar refractivity (Wildman–Crippen MR) is 105 cm³/mol. The molecule has 1 aromatic rings. The van der Waals surface area contributed by atoms with Crippen molar-refractivity contribution in [1.29, 1.82) is 0 Å². The van der Waals surface area contributed by atoms with Crippen LogP contribution in [0.3, 0.4) is 0 Å². The van der Waals surface area contributed by atoms with Crippen molar-refractivity contribution in [2.45, 2.75) is 37.7 Å². The maximum atomic E-state index is 13.2. The molecule has 0 fully saturated rings. The first kappa shape index (κ1) is 23.0. The van der Waals surface area contributed by atoms with Gasteiger partial charge in [-0.15, -0.1) is 0 Å². The topological polar surface area (TPSA) is 15.3 Å². The fourth-order valence-corrected chi connectivity index (χ4v) is 4.02. The molecular formula is C20H18Cl2F6N2. The lowest BCUT2D eigenvalue weighted by atomic mass is 9.90. The van der Waals surface area contributed by atoms with Crippen LogP contribution in [0.1, 0.15) is 30.4 Å². The summed E-state index contributed by atoms with van der Waals surface area (Å²) in [5.41, 5.74) is 2.60. The van der Waals surface area contributed by atoms with E-state index < -0.39 is 29.4 Å². The van der Waals surface area contributed by atoms with Gasteiger partial charge in [0, 0.05) is 29.5 Å². The number of hydrogen-bond acceptors (Lipinski definition) is 2. The molecule has 1 aliphatic carbocycles. The molecule has 1 aromatic carbocycles. The number of hydrogen-bond donors (Lipinski definition) is 1. The standard InChI is InChI=1S/C20H18Cl2F6N2/c21-13-7-6-12-10-16(14-4-3-5-15(18(14)22)20(26,27)28)29-30(17(12)11-13)9-2-1-8-19(23,24)25/h3-7,10-12,17,29H,1-2,8-9H2. The molecule has 1 aliphatic heterocycles. The first-order valence-electron chi connectivity index (χ1n) is 9.19. The normalized spacial score (nSPS) is 22.3. The Labute approximate surface area is 179 Å². The van der Waals surface area contributed by atoms with E-state index in [2.05, 4.69) is 5.43 Å². The average Bonchev–Trinajstić information content (AvgIpc) is 2.63. The summed E-state index contributed by atoms with van der Waals surface area (Å²) in [6, 6.07) is 3.35. The van der Waals surface area contributed by atoms with E-state index >= 15 is 0 Å². The Morgan fingerprint density at radius 1 is 1.00 bits per heavy atom. The highest BCUT2D eigenvalue weighted by Crippen LogP contribution is 2.39. The van der Waals surface area contributed by atoms with Crippen LogP contribution in [0.5, 0.6) is 0 Å². The van der Waals surface area contributed by atoms with Gasteiger partial charge in [0.15, 0.2) is 0 Å². The summed E-state index contributed by atoms with van der Waals surface area (Å²) in [6.45, 7) is 0.250. The van der Waals surface area contributed by atoms with Crippen LogP contribution in [0, 0.1) is 5.92 Å². The average molecular weight is 471 g/mol. The highest BCUT2D eigenvalue weighted by atomic mass is 35.5. The molecule has 0 amide bonds. The Morgan fingerprint density at radius 3 is 2.40 bits per heavy atom. The lowest BCUT2D eigenvalue weighted by molar-refractivity contribution is -0.137. The molecule has 164 valence electrons. The Kier molecular flexibility index (Phi) is 6.79. The highest BCUT2D eigenvalue weighted by molar-refractivity contribution is 6.33. The zero-order chi connectivity index (χ0) is 22.1. The van der Waals surface area contributed by atoms with Crippen LogP contribution in [-0.2, 0) is 6.18 Å². The summed E-state index contributed by atoms with van der Waals surface area (Å²) in [4.78, 5) is 0. The number of alkyl halides is 6. The predicted octanol–water partition coefficient (Wildman–Crippen LogP) is 6.93. The monoisotopic (exact) mass is 470 g/mol. The number of fused-ring (bicyclic) bond motifs is 1. The van der Waals surface area contributed by atoms with Crippen molar-refractivity contribution in [1.82, 2.24) is 10.4 Å². The molecule has 0 radical (unpaired) electrons. The minimum Gasteiger partial charge on any atom is -0.318 e. The van der Waals surface area contributed by atoms with Crippen LogP contribution < -0.4 is 5.43 Å². The summed E-state index contributed by atoms with van der Waals surface area (Å²) in [6.07, 6.45) is -2.57. The molecule has 2 atom stereocenters. The number of unbranched alkanes of at least 4 members (excludes halogenated alkanes) is 1. The van der Waals surface area contributed by atoms with Crippen molar-refractivity contribution in [3.8, 4) is 0 Å². The lowest BCUT2D eigenvalue weighted by Gasteiger charge is -2.40. The zero-order valence-electron chi connectivity index (χ0n) is 15.5. The minimum atomic E-state index is -4.61. The van der Waals surface area contributed by atoms with E-state index in [1.807, 2.05) is 0 Å². The van der Waals surface area contributed by atoms with E-state index in [-0.39, 0.29) is 36.9 Å². The lowest BCUT2D eigenvalue weighted by Crippen LogP contribution is -2.51. The zero-order valence-corrected chi connectivity index (χ0v) is 17.0. The molecular weight excluding hydrogens is 453 g/mol. The summed E-state index contributed by atoms with van der Waals surface area (Å²) in [7, 11) is 0. The largest absolute Gasteiger partial charge is 0.417 e. The van der Waals surface area contributed by atoms with E-state index in [0.29, 0.717) is 10.7 Å². The van der Waals surface area contributed by atoms with Crippen LogP contribution in [0.25, 0.3) is 5.70 Å². The number of halogens is 8. The van der Waals surface area contributed by atoms with E-state index in [0.717, 1.165) is 6.07 Å². The van der Waals surface area contributed by atoms with Gasteiger partial charge in [-0.25, -0.2) is 5.01 Å². The molecule has 0 saturated heterocycles. The van der Waals surface area contributed by atoms with Crippen LogP contribution in [0.15, 0.2) is 47.5 Å². The van der Waals surface area contributed by atoms with E-state index in [9.17, 15) is 26.3 Å². The minimum absolute atomic E-state index is 0.0598. The van der Waals surface area contributed by atoms with Crippen LogP contribution in [0.4, 0.5) is 26.3 Å². The fourth-order valence-electron chi connectivity index (χ4n) is 3.48. The second-order valence-electron chi connectivity index (χ2n) is 7.10. The molecule has 10 heteroatoms. The van der Waals surface area contributed by atoms with Crippen molar-refractivity contribution in [3.63, 3.8) is 0 Å². The number of nitrogens with zero attached hydrogens (tertiary/aromatic N) is 1. The quantitative estimate of drug-likeness (QED) is 0.370. The molecule has 0 saturated carbocycles. The van der Waals surface area contributed by atoms with Gasteiger partial charge in [-0.3, -0.25) is 0 Å². The van der Waals surface area contributed by atoms with Crippen molar-refractivity contribution in [2.75, 3.05) is 6.54 Å². The van der Waals surface area contributed by atoms with Gasteiger partial charge in [-0.05, 0) is 31.1 Å². The van der Waals surface area contributed by atoms with E-state index in [1.165, 1.54) is 12.1 Å².